The SMILES string of the molecule is Cc1cc(O)c(C(C)C)cc1NC(=O)c1ccc(COc2ccc3c(c2)CCC3)o1. The van der Waals surface area contributed by atoms with Crippen LogP contribution in [0.1, 0.15) is 64.8 Å². The summed E-state index contributed by atoms with van der Waals surface area (Å²) in [6.45, 7) is 6.10. The van der Waals surface area contributed by atoms with Gasteiger partial charge in [0.25, 0.3) is 5.91 Å². The number of anilines is 1. The van der Waals surface area contributed by atoms with Crippen LogP contribution < -0.4 is 10.1 Å². The lowest BCUT2D eigenvalue weighted by atomic mass is 9.99. The fourth-order valence-corrected chi connectivity index (χ4v) is 3.86. The molecule has 1 heterocycles. The predicted molar refractivity (Wildman–Crippen MR) is 116 cm³/mol. The van der Waals surface area contributed by atoms with E-state index in [-0.39, 0.29) is 29.9 Å². The molecule has 0 spiro atoms. The molecule has 2 N–H and O–H groups in total. The minimum absolute atomic E-state index is 0.146. The molecule has 0 atom stereocenters. The number of benzene rings is 2. The standard InChI is InChI=1S/C25H27NO4/c1-15(2)21-13-22(16(3)11-23(21)27)26-25(28)24-10-9-20(30-24)14-29-19-8-7-17-5-4-6-18(17)12-19/h7-13,15,27H,4-6,14H2,1-3H3,(H,26,28). The number of aromatic hydroxyl groups is 1. The molecule has 1 aliphatic carbocycles. The minimum atomic E-state index is -0.331. The van der Waals surface area contributed by atoms with E-state index in [1.165, 1.54) is 17.5 Å². The summed E-state index contributed by atoms with van der Waals surface area (Å²) in [7, 11) is 0. The minimum Gasteiger partial charge on any atom is -0.508 e. The van der Waals surface area contributed by atoms with E-state index in [1.807, 2.05) is 32.9 Å². The van der Waals surface area contributed by atoms with Crippen molar-refractivity contribution in [2.45, 2.75) is 52.6 Å². The number of hydrogen-bond donors (Lipinski definition) is 2. The van der Waals surface area contributed by atoms with Crippen LogP contribution in [0.25, 0.3) is 0 Å². The van der Waals surface area contributed by atoms with Gasteiger partial charge in [-0.2, -0.15) is 0 Å². The van der Waals surface area contributed by atoms with Gasteiger partial charge in [-0.25, -0.2) is 0 Å². The second kappa shape index (κ2) is 8.27. The Balaban J connectivity index is 1.41. The highest BCUT2D eigenvalue weighted by Gasteiger charge is 2.16. The average Bonchev–Trinajstić information content (AvgIpc) is 3.37. The number of ether oxygens (including phenoxy) is 1. The van der Waals surface area contributed by atoms with Crippen LogP contribution in [0.3, 0.4) is 0 Å². The van der Waals surface area contributed by atoms with Gasteiger partial charge in [0, 0.05) is 5.69 Å². The summed E-state index contributed by atoms with van der Waals surface area (Å²) in [5.74, 6) is 1.69. The van der Waals surface area contributed by atoms with Crippen LogP contribution in [-0.2, 0) is 19.4 Å². The second-order valence-electron chi connectivity index (χ2n) is 8.17. The van der Waals surface area contributed by atoms with Gasteiger partial charge in [-0.05, 0) is 90.8 Å². The largest absolute Gasteiger partial charge is 0.508 e. The maximum Gasteiger partial charge on any atom is 0.291 e. The Morgan fingerprint density at radius 3 is 2.73 bits per heavy atom. The molecule has 156 valence electrons. The van der Waals surface area contributed by atoms with Gasteiger partial charge >= 0.3 is 0 Å². The summed E-state index contributed by atoms with van der Waals surface area (Å²) < 4.78 is 11.5. The number of phenols is 1. The Hall–Kier alpha value is -3.21. The lowest BCUT2D eigenvalue weighted by Crippen LogP contribution is -2.12. The van der Waals surface area contributed by atoms with Crippen LogP contribution in [-0.4, -0.2) is 11.0 Å². The highest BCUT2D eigenvalue weighted by Crippen LogP contribution is 2.31. The van der Waals surface area contributed by atoms with Crippen LogP contribution in [0.15, 0.2) is 46.9 Å². The third-order valence-corrected chi connectivity index (χ3v) is 5.58. The van der Waals surface area contributed by atoms with Gasteiger partial charge in [0.1, 0.15) is 23.9 Å². The predicted octanol–water partition coefficient (Wildman–Crippen LogP) is 5.74. The number of hydrogen-bond acceptors (Lipinski definition) is 4. The molecule has 3 aromatic rings. The summed E-state index contributed by atoms with van der Waals surface area (Å²) in [4.78, 5) is 12.6. The zero-order chi connectivity index (χ0) is 21.3. The molecular formula is C25H27NO4. The molecular weight excluding hydrogens is 378 g/mol. The van der Waals surface area contributed by atoms with Crippen molar-refractivity contribution >= 4 is 11.6 Å². The van der Waals surface area contributed by atoms with Crippen molar-refractivity contribution in [1.82, 2.24) is 0 Å². The Morgan fingerprint density at radius 1 is 1.13 bits per heavy atom. The Kier molecular flexibility index (Phi) is 5.53. The molecule has 0 aliphatic heterocycles. The van der Waals surface area contributed by atoms with Gasteiger partial charge in [-0.15, -0.1) is 0 Å². The fraction of sp³-hybridized carbons (Fsp3) is 0.320. The molecule has 0 saturated carbocycles. The van der Waals surface area contributed by atoms with Gasteiger partial charge < -0.3 is 19.6 Å². The molecule has 0 unspecified atom stereocenters. The Morgan fingerprint density at radius 2 is 1.93 bits per heavy atom. The maximum atomic E-state index is 12.6. The van der Waals surface area contributed by atoms with E-state index in [0.717, 1.165) is 29.7 Å². The van der Waals surface area contributed by atoms with Gasteiger partial charge in [0.15, 0.2) is 5.76 Å². The van der Waals surface area contributed by atoms with E-state index in [2.05, 4.69) is 17.4 Å². The van der Waals surface area contributed by atoms with E-state index < -0.39 is 0 Å². The van der Waals surface area contributed by atoms with Gasteiger partial charge in [0.05, 0.1) is 0 Å². The fourth-order valence-electron chi connectivity index (χ4n) is 3.86. The summed E-state index contributed by atoms with van der Waals surface area (Å²) >= 11 is 0. The summed E-state index contributed by atoms with van der Waals surface area (Å²) in [5, 5.41) is 13.0. The van der Waals surface area contributed by atoms with Crippen molar-refractivity contribution in [2.75, 3.05) is 5.32 Å². The molecule has 0 fully saturated rings. The molecule has 5 heteroatoms. The van der Waals surface area contributed by atoms with E-state index in [0.29, 0.717) is 11.4 Å². The highest BCUT2D eigenvalue weighted by molar-refractivity contribution is 6.02. The number of carbonyl (C=O) groups excluding carboxylic acids is 1. The number of aryl methyl sites for hydroxylation is 3. The molecule has 0 bridgehead atoms. The molecule has 1 aliphatic rings. The quantitative estimate of drug-likeness (QED) is 0.513. The highest BCUT2D eigenvalue weighted by atomic mass is 16.5. The molecule has 0 saturated heterocycles. The monoisotopic (exact) mass is 405 g/mol. The molecule has 30 heavy (non-hydrogen) atoms. The molecule has 0 radical (unpaired) electrons. The molecule has 4 rings (SSSR count). The van der Waals surface area contributed by atoms with E-state index in [9.17, 15) is 9.90 Å². The number of phenolic OH excluding ortho intramolecular Hbond substituents is 1. The third-order valence-electron chi connectivity index (χ3n) is 5.58. The average molecular weight is 405 g/mol. The number of amides is 1. The van der Waals surface area contributed by atoms with Crippen molar-refractivity contribution in [3.63, 3.8) is 0 Å². The van der Waals surface area contributed by atoms with Crippen molar-refractivity contribution in [3.05, 3.63) is 76.2 Å². The molecule has 5 nitrogen and oxygen atoms in total. The number of nitrogens with one attached hydrogen (secondary N) is 1. The first-order valence-electron chi connectivity index (χ1n) is 10.4. The Bertz CT molecular complexity index is 1080. The van der Waals surface area contributed by atoms with Crippen LogP contribution in [0.5, 0.6) is 11.5 Å². The first kappa shape index (κ1) is 20.1. The number of carbonyl (C=O) groups is 1. The molecule has 2 aromatic carbocycles. The molecule has 1 aromatic heterocycles. The lowest BCUT2D eigenvalue weighted by Gasteiger charge is -2.14. The van der Waals surface area contributed by atoms with Crippen LogP contribution in [0.2, 0.25) is 0 Å². The number of rotatable bonds is 6. The van der Waals surface area contributed by atoms with E-state index in [4.69, 9.17) is 9.15 Å². The van der Waals surface area contributed by atoms with Crippen LogP contribution >= 0.6 is 0 Å². The smallest absolute Gasteiger partial charge is 0.291 e. The zero-order valence-corrected chi connectivity index (χ0v) is 17.6. The van der Waals surface area contributed by atoms with Gasteiger partial charge in [-0.1, -0.05) is 19.9 Å². The Labute approximate surface area is 176 Å². The first-order chi connectivity index (χ1) is 14.4. The van der Waals surface area contributed by atoms with E-state index in [1.54, 1.807) is 18.2 Å². The molecule has 1 amide bonds. The van der Waals surface area contributed by atoms with Crippen molar-refractivity contribution in [1.29, 1.82) is 0 Å². The summed E-state index contributed by atoms with van der Waals surface area (Å²) in [5.41, 5.74) is 5.01. The van der Waals surface area contributed by atoms with Gasteiger partial charge in [-0.3, -0.25) is 4.79 Å². The maximum absolute atomic E-state index is 12.6. The summed E-state index contributed by atoms with van der Waals surface area (Å²) in [6.07, 6.45) is 3.45. The van der Waals surface area contributed by atoms with Crippen LogP contribution in [0, 0.1) is 6.92 Å². The van der Waals surface area contributed by atoms with Crippen molar-refractivity contribution < 1.29 is 19.1 Å². The number of furan rings is 1. The second-order valence-corrected chi connectivity index (χ2v) is 8.17. The van der Waals surface area contributed by atoms with Crippen LogP contribution in [0.4, 0.5) is 5.69 Å². The van der Waals surface area contributed by atoms with Gasteiger partial charge in [0.2, 0.25) is 0 Å². The lowest BCUT2D eigenvalue weighted by molar-refractivity contribution is 0.0992. The van der Waals surface area contributed by atoms with E-state index >= 15 is 0 Å². The van der Waals surface area contributed by atoms with Crippen molar-refractivity contribution in [3.8, 4) is 11.5 Å². The first-order valence-corrected chi connectivity index (χ1v) is 10.4. The number of fused-ring (bicyclic) bond motifs is 1. The third kappa shape index (κ3) is 4.20. The zero-order valence-electron chi connectivity index (χ0n) is 17.6. The topological polar surface area (TPSA) is 71.7 Å². The van der Waals surface area contributed by atoms with Crippen molar-refractivity contribution in [2.24, 2.45) is 0 Å². The summed E-state index contributed by atoms with van der Waals surface area (Å²) in [6, 6.07) is 13.1. The normalized spacial score (nSPS) is 12.8.